The number of aliphatic hydroxyl groups excluding tert-OH is 1. The topological polar surface area (TPSA) is 101 Å². The van der Waals surface area contributed by atoms with Crippen molar-refractivity contribution in [2.24, 2.45) is 0 Å². The van der Waals surface area contributed by atoms with Gasteiger partial charge in [-0.1, -0.05) is 39.0 Å². The maximum atomic E-state index is 11.8. The first-order valence-corrected chi connectivity index (χ1v) is 11.8. The molecule has 1 N–H and O–H groups in total. The lowest BCUT2D eigenvalue weighted by atomic mass is 10.2. The summed E-state index contributed by atoms with van der Waals surface area (Å²) in [5, 5.41) is 8.30. The molecule has 0 bridgehead atoms. The van der Waals surface area contributed by atoms with E-state index in [9.17, 15) is 8.42 Å². The van der Waals surface area contributed by atoms with E-state index in [0.29, 0.717) is 39.6 Å². The number of hydrogen-bond donors (Lipinski definition) is 1. The minimum absolute atomic E-state index is 0. The molecule has 0 amide bonds. The Morgan fingerprint density at radius 1 is 0.710 bits per heavy atom. The third kappa shape index (κ3) is 19.3. The second kappa shape index (κ2) is 22.1. The predicted molar refractivity (Wildman–Crippen MR) is 122 cm³/mol. The fourth-order valence-electron chi connectivity index (χ4n) is 1.97. The van der Waals surface area contributed by atoms with Gasteiger partial charge in [0, 0.05) is 13.2 Å². The molecule has 0 spiro atoms. The Labute approximate surface area is 188 Å². The summed E-state index contributed by atoms with van der Waals surface area (Å²) >= 11 is 0. The monoisotopic (exact) mass is 466 g/mol. The van der Waals surface area contributed by atoms with E-state index >= 15 is 0 Å². The lowest BCUT2D eigenvalue weighted by Crippen LogP contribution is -2.13. The molecular formula is C22H42O8S. The Kier molecular flexibility index (Phi) is 22.9. The van der Waals surface area contributed by atoms with E-state index in [1.165, 1.54) is 12.1 Å². The van der Waals surface area contributed by atoms with Crippen molar-refractivity contribution in [2.75, 3.05) is 66.1 Å². The molecule has 0 heterocycles. The van der Waals surface area contributed by atoms with Crippen LogP contribution in [0, 0.1) is 6.92 Å². The van der Waals surface area contributed by atoms with Crippen molar-refractivity contribution in [3.8, 4) is 0 Å². The maximum absolute atomic E-state index is 11.8. The van der Waals surface area contributed by atoms with Gasteiger partial charge >= 0.3 is 0 Å². The molecule has 1 aromatic rings. The van der Waals surface area contributed by atoms with Crippen LogP contribution in [0.15, 0.2) is 29.2 Å². The number of benzene rings is 1. The maximum Gasteiger partial charge on any atom is 0.297 e. The number of rotatable bonds is 17. The number of hydrogen-bond acceptors (Lipinski definition) is 8. The van der Waals surface area contributed by atoms with Crippen LogP contribution in [0.5, 0.6) is 0 Å². The molecule has 1 rings (SSSR count). The first kappa shape index (κ1) is 32.1. The van der Waals surface area contributed by atoms with Crippen molar-refractivity contribution in [3.05, 3.63) is 29.8 Å². The van der Waals surface area contributed by atoms with Crippen LogP contribution in [-0.4, -0.2) is 79.6 Å². The van der Waals surface area contributed by atoms with Gasteiger partial charge < -0.3 is 24.1 Å². The summed E-state index contributed by atoms with van der Waals surface area (Å²) in [6.07, 6.45) is 2.01. The van der Waals surface area contributed by atoms with Crippen LogP contribution in [0.25, 0.3) is 0 Å². The summed E-state index contributed by atoms with van der Waals surface area (Å²) in [6.45, 7) is 10.4. The van der Waals surface area contributed by atoms with Crippen LogP contribution in [0.2, 0.25) is 0 Å². The zero-order chi connectivity index (χ0) is 22.5. The summed E-state index contributed by atoms with van der Waals surface area (Å²) in [4.78, 5) is 0.161. The second-order valence-electron chi connectivity index (χ2n) is 6.26. The molecule has 0 saturated heterocycles. The van der Waals surface area contributed by atoms with E-state index in [0.717, 1.165) is 25.0 Å². The molecule has 0 aliphatic carbocycles. The minimum Gasteiger partial charge on any atom is -0.394 e. The van der Waals surface area contributed by atoms with E-state index < -0.39 is 10.1 Å². The van der Waals surface area contributed by atoms with E-state index in [2.05, 4.69) is 6.92 Å². The standard InChI is InChI=1S/C14H22O5S.C7H16O3.CH4/c1-3-8-17-9-10-18-11-12-19-20(15,16)14-6-4-13(2)5-7-14;1-2-4-9-6-7-10-5-3-8;/h4-7H,3,8-12H2,1-2H3;8H,2-7H2,1H3;1H4. The molecule has 8 nitrogen and oxygen atoms in total. The highest BCUT2D eigenvalue weighted by molar-refractivity contribution is 7.86. The van der Waals surface area contributed by atoms with Crippen LogP contribution in [0.3, 0.4) is 0 Å². The zero-order valence-electron chi connectivity index (χ0n) is 18.5. The second-order valence-corrected chi connectivity index (χ2v) is 7.88. The fraction of sp³-hybridized carbons (Fsp3) is 0.727. The molecule has 1 aromatic carbocycles. The van der Waals surface area contributed by atoms with Gasteiger partial charge in [0.25, 0.3) is 10.1 Å². The average molecular weight is 467 g/mol. The van der Waals surface area contributed by atoms with Crippen molar-refractivity contribution in [1.82, 2.24) is 0 Å². The van der Waals surface area contributed by atoms with Gasteiger partial charge in [-0.2, -0.15) is 8.42 Å². The van der Waals surface area contributed by atoms with Crippen molar-refractivity contribution in [2.45, 2.75) is 45.9 Å². The largest absolute Gasteiger partial charge is 0.394 e. The first-order chi connectivity index (χ1) is 14.5. The minimum atomic E-state index is -3.69. The summed E-state index contributed by atoms with van der Waals surface area (Å²) in [5.74, 6) is 0. The fourth-order valence-corrected chi connectivity index (χ4v) is 2.87. The van der Waals surface area contributed by atoms with Crippen molar-refractivity contribution in [1.29, 1.82) is 0 Å². The number of aryl methyl sites for hydroxylation is 1. The van der Waals surface area contributed by atoms with E-state index in [1.807, 2.05) is 13.8 Å². The first-order valence-electron chi connectivity index (χ1n) is 10.4. The Morgan fingerprint density at radius 3 is 1.58 bits per heavy atom. The SMILES string of the molecule is C.CCCOCCOCCO.CCCOCCOCCOS(=O)(=O)c1ccc(C)cc1. The molecule has 0 aromatic heterocycles. The number of aliphatic hydroxyl groups is 1. The van der Waals surface area contributed by atoms with Gasteiger partial charge in [-0.25, -0.2) is 0 Å². The predicted octanol–water partition coefficient (Wildman–Crippen LogP) is 3.20. The molecular weight excluding hydrogens is 424 g/mol. The lowest BCUT2D eigenvalue weighted by molar-refractivity contribution is 0.0333. The average Bonchev–Trinajstić information content (AvgIpc) is 2.73. The molecule has 0 fully saturated rings. The van der Waals surface area contributed by atoms with Gasteiger partial charge in [-0.05, 0) is 31.9 Å². The summed E-state index contributed by atoms with van der Waals surface area (Å²) in [5.41, 5.74) is 0.999. The van der Waals surface area contributed by atoms with Crippen LogP contribution in [0.4, 0.5) is 0 Å². The molecule has 0 radical (unpaired) electrons. The molecule has 31 heavy (non-hydrogen) atoms. The Hall–Kier alpha value is -1.07. The van der Waals surface area contributed by atoms with E-state index in [-0.39, 0.29) is 32.1 Å². The molecule has 0 atom stereocenters. The normalized spacial score (nSPS) is 10.8. The van der Waals surface area contributed by atoms with Crippen molar-refractivity contribution in [3.63, 3.8) is 0 Å². The molecule has 0 saturated carbocycles. The van der Waals surface area contributed by atoms with Crippen LogP contribution in [0.1, 0.15) is 39.7 Å². The van der Waals surface area contributed by atoms with Crippen LogP contribution in [-0.2, 0) is 33.2 Å². The molecule has 184 valence electrons. The van der Waals surface area contributed by atoms with Gasteiger partial charge in [0.05, 0.1) is 57.8 Å². The Morgan fingerprint density at radius 2 is 1.13 bits per heavy atom. The van der Waals surface area contributed by atoms with Crippen molar-refractivity contribution < 1.29 is 36.7 Å². The van der Waals surface area contributed by atoms with Gasteiger partial charge in [-0.15, -0.1) is 0 Å². The van der Waals surface area contributed by atoms with Gasteiger partial charge in [-0.3, -0.25) is 4.18 Å². The molecule has 0 aliphatic heterocycles. The lowest BCUT2D eigenvalue weighted by Gasteiger charge is -2.07. The van der Waals surface area contributed by atoms with Gasteiger partial charge in [0.1, 0.15) is 0 Å². The number of ether oxygens (including phenoxy) is 4. The summed E-state index contributed by atoms with van der Waals surface area (Å²) in [6, 6.07) is 6.53. The highest BCUT2D eigenvalue weighted by Crippen LogP contribution is 2.12. The molecule has 9 heteroatoms. The van der Waals surface area contributed by atoms with Crippen LogP contribution >= 0.6 is 0 Å². The highest BCUT2D eigenvalue weighted by Gasteiger charge is 2.14. The van der Waals surface area contributed by atoms with E-state index in [1.54, 1.807) is 12.1 Å². The summed E-state index contributed by atoms with van der Waals surface area (Å²) in [7, 11) is -3.69. The van der Waals surface area contributed by atoms with E-state index in [4.69, 9.17) is 28.2 Å². The Balaban J connectivity index is 0. The third-order valence-electron chi connectivity index (χ3n) is 3.45. The molecule has 0 aliphatic rings. The van der Waals surface area contributed by atoms with Gasteiger partial charge in [0.2, 0.25) is 0 Å². The van der Waals surface area contributed by atoms with Crippen molar-refractivity contribution >= 4 is 10.1 Å². The highest BCUT2D eigenvalue weighted by atomic mass is 32.2. The van der Waals surface area contributed by atoms with Gasteiger partial charge in [0.15, 0.2) is 0 Å². The van der Waals surface area contributed by atoms with Crippen LogP contribution < -0.4 is 0 Å². The Bertz CT molecular complexity index is 582. The quantitative estimate of drug-likeness (QED) is 0.276. The smallest absolute Gasteiger partial charge is 0.297 e. The molecule has 0 unspecified atom stereocenters. The third-order valence-corrected chi connectivity index (χ3v) is 4.78. The zero-order valence-corrected chi connectivity index (χ0v) is 19.3. The summed E-state index contributed by atoms with van der Waals surface area (Å²) < 4.78 is 49.0.